The quantitative estimate of drug-likeness (QED) is 0.357. The second-order valence-electron chi connectivity index (χ2n) is 10.2. The predicted molar refractivity (Wildman–Crippen MR) is 158 cm³/mol. The summed E-state index contributed by atoms with van der Waals surface area (Å²) in [6.07, 6.45) is 21.7. The van der Waals surface area contributed by atoms with Crippen molar-refractivity contribution in [2.75, 3.05) is 11.1 Å². The summed E-state index contributed by atoms with van der Waals surface area (Å²) in [5.74, 6) is -0.332. The molecule has 0 saturated heterocycles. The average molecular weight is 527 g/mol. The van der Waals surface area contributed by atoms with Crippen molar-refractivity contribution in [2.45, 2.75) is 18.4 Å². The molecule has 8 bridgehead atoms. The van der Waals surface area contributed by atoms with Crippen LogP contribution in [-0.2, 0) is 6.42 Å². The van der Waals surface area contributed by atoms with Crippen molar-refractivity contribution >= 4 is 40.9 Å². The summed E-state index contributed by atoms with van der Waals surface area (Å²) in [4.78, 5) is 25.6. The number of carbonyl (C=O) groups excluding carboxylic acids is 1. The molecular formula is C31H26N8O. The first-order valence-corrected chi connectivity index (χ1v) is 13.0. The number of aromatic nitrogens is 3. The third-order valence-corrected chi connectivity index (χ3v) is 7.14. The second kappa shape index (κ2) is 9.39. The zero-order valence-corrected chi connectivity index (χ0v) is 21.5. The van der Waals surface area contributed by atoms with Crippen LogP contribution in [0.25, 0.3) is 12.2 Å². The van der Waals surface area contributed by atoms with Crippen LogP contribution in [0.2, 0.25) is 0 Å². The molecule has 4 aliphatic rings. The lowest BCUT2D eigenvalue weighted by molar-refractivity contribution is 0.102. The van der Waals surface area contributed by atoms with Crippen LogP contribution in [0.1, 0.15) is 22.5 Å². The van der Waals surface area contributed by atoms with Gasteiger partial charge in [-0.15, -0.1) is 0 Å². The lowest BCUT2D eigenvalue weighted by atomic mass is 9.88. The highest BCUT2D eigenvalue weighted by Crippen LogP contribution is 2.31. The summed E-state index contributed by atoms with van der Waals surface area (Å²) in [5.41, 5.74) is 12.4. The third kappa shape index (κ3) is 4.76. The lowest BCUT2D eigenvalue weighted by Crippen LogP contribution is -2.40. The molecule has 196 valence electrons. The number of nitrogens with two attached hydrogens (primary N) is 1. The van der Waals surface area contributed by atoms with Crippen LogP contribution in [0.5, 0.6) is 0 Å². The fourth-order valence-corrected chi connectivity index (χ4v) is 5.25. The second-order valence-corrected chi connectivity index (χ2v) is 10.2. The van der Waals surface area contributed by atoms with Gasteiger partial charge in [0.15, 0.2) is 0 Å². The van der Waals surface area contributed by atoms with E-state index in [4.69, 9.17) is 15.7 Å². The number of nitrogens with one attached hydrogen (secondary N) is 4. The zero-order chi connectivity index (χ0) is 27.1. The minimum Gasteiger partial charge on any atom is -0.396 e. The molecule has 0 saturated carbocycles. The van der Waals surface area contributed by atoms with E-state index < -0.39 is 0 Å². The van der Waals surface area contributed by atoms with Crippen LogP contribution in [-0.4, -0.2) is 38.1 Å². The van der Waals surface area contributed by atoms with Crippen molar-refractivity contribution in [2.24, 2.45) is 9.98 Å². The zero-order valence-electron chi connectivity index (χ0n) is 21.5. The molecular weight excluding hydrogens is 500 g/mol. The minimum atomic E-state index is -0.377. The molecule has 1 unspecified atom stereocenters. The Morgan fingerprint density at radius 2 is 1.65 bits per heavy atom. The molecule has 0 spiro atoms. The Balaban J connectivity index is 1.19. The predicted octanol–water partition coefficient (Wildman–Crippen LogP) is 2.80. The number of carbonyl (C=O) groups is 1. The topological polar surface area (TPSA) is 136 Å². The van der Waals surface area contributed by atoms with Crippen molar-refractivity contribution < 1.29 is 4.79 Å². The van der Waals surface area contributed by atoms with Crippen molar-refractivity contribution in [3.8, 4) is 0 Å². The first-order valence-electron chi connectivity index (χ1n) is 13.0. The largest absolute Gasteiger partial charge is 0.396 e. The van der Waals surface area contributed by atoms with E-state index in [1.165, 1.54) is 6.20 Å². The SMILES string of the molecule is Nc1cn[nH]c1C(=O)Nc1ccc(CC23C=C4C=CC(=N4)C=c4ccc([nH]4)=CC4=NC(=CC(=CC2)N3)C=C4)cc1. The molecule has 40 heavy (non-hydrogen) atoms. The van der Waals surface area contributed by atoms with E-state index in [9.17, 15) is 4.79 Å². The number of nitrogen functional groups attached to an aromatic ring is 1. The summed E-state index contributed by atoms with van der Waals surface area (Å²) >= 11 is 0. The summed E-state index contributed by atoms with van der Waals surface area (Å²) in [5, 5.41) is 15.0. The van der Waals surface area contributed by atoms with Gasteiger partial charge in [-0.25, -0.2) is 9.98 Å². The molecule has 9 heteroatoms. The molecule has 0 aliphatic carbocycles. The molecule has 1 atom stereocenters. The number of amides is 1. The molecule has 4 aliphatic heterocycles. The number of H-pyrrole nitrogens is 2. The van der Waals surface area contributed by atoms with Gasteiger partial charge in [-0.1, -0.05) is 18.2 Å². The standard InChI is InChI=1S/C31H26N8O/c32-28-18-33-39-29(28)30(40)37-20-3-1-19(2-4-20)16-31-12-11-26(38-31)15-25-8-7-22(35-25)13-21-5-6-23(34-21)14-24-9-10-27(17-31)36-24/h1-11,13-15,17-18,34,38H,12,16,32H2,(H,33,39)(H,37,40). The number of aromatic amines is 2. The molecule has 6 N–H and O–H groups in total. The Kier molecular flexibility index (Phi) is 5.55. The fourth-order valence-electron chi connectivity index (χ4n) is 5.25. The maximum absolute atomic E-state index is 12.5. The number of nitrogens with zero attached hydrogens (tertiary/aromatic N) is 3. The maximum atomic E-state index is 12.5. The fraction of sp³-hybridized carbons (Fsp3) is 0.0968. The number of rotatable bonds is 4. The van der Waals surface area contributed by atoms with Crippen LogP contribution in [0.4, 0.5) is 11.4 Å². The molecule has 0 radical (unpaired) electrons. The molecule has 1 aromatic carbocycles. The van der Waals surface area contributed by atoms with E-state index in [0.29, 0.717) is 11.4 Å². The van der Waals surface area contributed by atoms with Gasteiger partial charge >= 0.3 is 0 Å². The van der Waals surface area contributed by atoms with Crippen LogP contribution in [0.15, 0.2) is 112 Å². The van der Waals surface area contributed by atoms with E-state index >= 15 is 0 Å². The number of benzene rings is 1. The number of hydrogen-bond acceptors (Lipinski definition) is 6. The van der Waals surface area contributed by atoms with Crippen molar-refractivity contribution in [1.82, 2.24) is 20.5 Å². The van der Waals surface area contributed by atoms with E-state index in [1.54, 1.807) is 0 Å². The third-order valence-electron chi connectivity index (χ3n) is 7.14. The van der Waals surface area contributed by atoms with Gasteiger partial charge in [0.05, 0.1) is 40.2 Å². The average Bonchev–Trinajstić information content (AvgIpc) is 3.76. The molecule has 3 aromatic rings. The highest BCUT2D eigenvalue weighted by atomic mass is 16.2. The van der Waals surface area contributed by atoms with Gasteiger partial charge in [0.25, 0.3) is 5.91 Å². The number of allylic oxidation sites excluding steroid dienone is 5. The van der Waals surface area contributed by atoms with Gasteiger partial charge in [0, 0.05) is 22.1 Å². The van der Waals surface area contributed by atoms with Crippen LogP contribution in [0, 0.1) is 0 Å². The van der Waals surface area contributed by atoms with Crippen LogP contribution < -0.4 is 27.1 Å². The first kappa shape index (κ1) is 23.7. The van der Waals surface area contributed by atoms with Gasteiger partial charge in [0.2, 0.25) is 0 Å². The molecule has 0 fully saturated rings. The van der Waals surface area contributed by atoms with E-state index in [2.05, 4.69) is 50.1 Å². The summed E-state index contributed by atoms with van der Waals surface area (Å²) < 4.78 is 0. The Bertz CT molecular complexity index is 1870. The minimum absolute atomic E-state index is 0.244. The van der Waals surface area contributed by atoms with Crippen LogP contribution in [0.3, 0.4) is 0 Å². The lowest BCUT2D eigenvalue weighted by Gasteiger charge is -2.28. The molecule has 2 aromatic heterocycles. The van der Waals surface area contributed by atoms with Gasteiger partial charge in [-0.3, -0.25) is 9.89 Å². The highest BCUT2D eigenvalue weighted by molar-refractivity contribution is 6.20. The summed E-state index contributed by atoms with van der Waals surface area (Å²) in [6, 6.07) is 11.9. The Labute approximate surface area is 229 Å². The van der Waals surface area contributed by atoms with Gasteiger partial charge < -0.3 is 21.4 Å². The molecule has 1 amide bonds. The highest BCUT2D eigenvalue weighted by Gasteiger charge is 2.32. The first-order chi connectivity index (χ1) is 19.5. The van der Waals surface area contributed by atoms with E-state index in [-0.39, 0.29) is 17.1 Å². The molecule has 9 nitrogen and oxygen atoms in total. The normalized spacial score (nSPS) is 20.4. The van der Waals surface area contributed by atoms with Crippen molar-refractivity contribution in [3.63, 3.8) is 0 Å². The van der Waals surface area contributed by atoms with Gasteiger partial charge in [0.1, 0.15) is 5.69 Å². The summed E-state index contributed by atoms with van der Waals surface area (Å²) in [6.45, 7) is 0. The van der Waals surface area contributed by atoms with Crippen LogP contribution >= 0.6 is 0 Å². The van der Waals surface area contributed by atoms with E-state index in [0.717, 1.165) is 57.6 Å². The summed E-state index contributed by atoms with van der Waals surface area (Å²) in [7, 11) is 0. The van der Waals surface area contributed by atoms with Crippen molar-refractivity contribution in [1.29, 1.82) is 0 Å². The van der Waals surface area contributed by atoms with E-state index in [1.807, 2.05) is 66.8 Å². The Morgan fingerprint density at radius 1 is 0.925 bits per heavy atom. The van der Waals surface area contributed by atoms with Gasteiger partial charge in [-0.05, 0) is 91.3 Å². The Hall–Kier alpha value is -5.44. The monoisotopic (exact) mass is 526 g/mol. The number of aliphatic imine (C=N–C) groups is 2. The maximum Gasteiger partial charge on any atom is 0.275 e. The van der Waals surface area contributed by atoms with Crippen molar-refractivity contribution in [3.05, 3.63) is 124 Å². The Morgan fingerprint density at radius 3 is 2.38 bits per heavy atom. The van der Waals surface area contributed by atoms with Gasteiger partial charge in [-0.2, -0.15) is 5.10 Å². The molecule has 7 rings (SSSR count). The number of anilines is 2. The number of hydrogen-bond donors (Lipinski definition) is 5. The molecule has 6 heterocycles. The smallest absolute Gasteiger partial charge is 0.275 e. The number of fused-ring (bicyclic) bond motifs is 6.